The van der Waals surface area contributed by atoms with Gasteiger partial charge in [-0.25, -0.2) is 0 Å². The molecule has 2 heterocycles. The van der Waals surface area contributed by atoms with E-state index in [1.165, 1.54) is 4.68 Å². The number of nitrogens with one attached hydrogen (secondary N) is 1. The third-order valence-corrected chi connectivity index (χ3v) is 3.78. The van der Waals surface area contributed by atoms with E-state index in [-0.39, 0.29) is 5.91 Å². The van der Waals surface area contributed by atoms with E-state index in [9.17, 15) is 9.59 Å². The lowest BCUT2D eigenvalue weighted by atomic mass is 10.0. The van der Waals surface area contributed by atoms with Gasteiger partial charge in [0.2, 0.25) is 5.91 Å². The monoisotopic (exact) mass is 338 g/mol. The first-order chi connectivity index (χ1) is 11.9. The van der Waals surface area contributed by atoms with Crippen molar-refractivity contribution >= 4 is 17.6 Å². The Morgan fingerprint density at radius 2 is 1.84 bits per heavy atom. The molecule has 2 amide bonds. The molecule has 3 aromatic rings. The van der Waals surface area contributed by atoms with E-state index in [0.717, 1.165) is 5.69 Å². The second kappa shape index (κ2) is 6.23. The molecule has 1 aromatic carbocycles. The smallest absolute Gasteiger partial charge is 0.275 e. The Balaban J connectivity index is 2.01. The lowest BCUT2D eigenvalue weighted by Crippen LogP contribution is -2.17. The second-order valence-electron chi connectivity index (χ2n) is 5.72. The molecule has 0 aliphatic carbocycles. The molecule has 0 spiro atoms. The first-order valence-corrected chi connectivity index (χ1v) is 7.61. The Morgan fingerprint density at radius 1 is 1.12 bits per heavy atom. The van der Waals surface area contributed by atoms with Gasteiger partial charge in [0.1, 0.15) is 5.69 Å². The molecule has 0 fully saturated rings. The minimum atomic E-state index is -0.543. The number of anilines is 1. The van der Waals surface area contributed by atoms with Gasteiger partial charge >= 0.3 is 0 Å². The molecule has 8 heteroatoms. The summed E-state index contributed by atoms with van der Waals surface area (Å²) in [6.45, 7) is 1.81. The first-order valence-electron chi connectivity index (χ1n) is 7.61. The van der Waals surface area contributed by atoms with E-state index in [0.29, 0.717) is 28.2 Å². The number of nitrogens with two attached hydrogens (primary N) is 1. The van der Waals surface area contributed by atoms with Crippen molar-refractivity contribution in [1.82, 2.24) is 19.6 Å². The lowest BCUT2D eigenvalue weighted by Gasteiger charge is -2.08. The average Bonchev–Trinajstić information content (AvgIpc) is 3.08. The number of amides is 2. The number of nitrogens with zero attached hydrogens (tertiary/aromatic N) is 4. The summed E-state index contributed by atoms with van der Waals surface area (Å²) < 4.78 is 3.07. The number of rotatable bonds is 4. The zero-order chi connectivity index (χ0) is 18.1. The standard InChI is InChI=1S/C17H18N6O2/c1-10-8-14(23(3)20-10)17(25)19-16-13(9-22(2)21-16)11-6-4-5-7-12(11)15(18)24/h4-9H,1-3H3,(H2,18,24)(H,19,21,25). The molecule has 0 unspecified atom stereocenters. The van der Waals surface area contributed by atoms with Crippen molar-refractivity contribution in [1.29, 1.82) is 0 Å². The number of carbonyl (C=O) groups excluding carboxylic acids is 2. The van der Waals surface area contributed by atoms with E-state index in [1.54, 1.807) is 55.3 Å². The van der Waals surface area contributed by atoms with Gasteiger partial charge in [0.25, 0.3) is 5.91 Å². The van der Waals surface area contributed by atoms with Crippen LogP contribution in [-0.2, 0) is 14.1 Å². The molecule has 0 saturated heterocycles. The zero-order valence-electron chi connectivity index (χ0n) is 14.1. The summed E-state index contributed by atoms with van der Waals surface area (Å²) in [7, 11) is 3.43. The Kier molecular flexibility index (Phi) is 4.10. The van der Waals surface area contributed by atoms with Crippen LogP contribution in [0.15, 0.2) is 36.5 Å². The van der Waals surface area contributed by atoms with Gasteiger partial charge in [0.05, 0.1) is 5.69 Å². The van der Waals surface area contributed by atoms with Gasteiger partial charge in [0.15, 0.2) is 5.82 Å². The molecule has 0 atom stereocenters. The molecular weight excluding hydrogens is 320 g/mol. The fraction of sp³-hybridized carbons (Fsp3) is 0.176. The Bertz CT molecular complexity index is 969. The van der Waals surface area contributed by atoms with Crippen molar-refractivity contribution in [2.24, 2.45) is 19.8 Å². The van der Waals surface area contributed by atoms with Crippen molar-refractivity contribution < 1.29 is 9.59 Å². The van der Waals surface area contributed by atoms with Gasteiger partial charge in [-0.05, 0) is 24.6 Å². The number of carbonyl (C=O) groups is 2. The third kappa shape index (κ3) is 3.14. The van der Waals surface area contributed by atoms with Crippen molar-refractivity contribution in [2.75, 3.05) is 5.32 Å². The van der Waals surface area contributed by atoms with Gasteiger partial charge in [0, 0.05) is 31.4 Å². The molecule has 0 aliphatic rings. The van der Waals surface area contributed by atoms with Crippen LogP contribution in [0, 0.1) is 6.92 Å². The number of aromatic nitrogens is 4. The minimum absolute atomic E-state index is 0.334. The molecule has 2 aromatic heterocycles. The van der Waals surface area contributed by atoms with E-state index in [2.05, 4.69) is 15.5 Å². The summed E-state index contributed by atoms with van der Waals surface area (Å²) in [6.07, 6.45) is 1.73. The molecule has 25 heavy (non-hydrogen) atoms. The fourth-order valence-corrected chi connectivity index (χ4v) is 2.71. The van der Waals surface area contributed by atoms with Crippen LogP contribution in [-0.4, -0.2) is 31.4 Å². The molecule has 0 saturated carbocycles. The van der Waals surface area contributed by atoms with Crippen LogP contribution in [0.5, 0.6) is 0 Å². The molecule has 0 bridgehead atoms. The maximum absolute atomic E-state index is 12.5. The maximum atomic E-state index is 12.5. The highest BCUT2D eigenvalue weighted by molar-refractivity contribution is 6.06. The minimum Gasteiger partial charge on any atom is -0.366 e. The third-order valence-electron chi connectivity index (χ3n) is 3.78. The normalized spacial score (nSPS) is 10.7. The Morgan fingerprint density at radius 3 is 2.48 bits per heavy atom. The molecule has 0 radical (unpaired) electrons. The summed E-state index contributed by atoms with van der Waals surface area (Å²) in [5, 5.41) is 11.2. The van der Waals surface area contributed by atoms with Crippen LogP contribution in [0.1, 0.15) is 26.5 Å². The lowest BCUT2D eigenvalue weighted by molar-refractivity contribution is 0.0997. The zero-order valence-corrected chi connectivity index (χ0v) is 14.1. The van der Waals surface area contributed by atoms with Crippen LogP contribution >= 0.6 is 0 Å². The van der Waals surface area contributed by atoms with E-state index >= 15 is 0 Å². The number of hydrogen-bond acceptors (Lipinski definition) is 4. The van der Waals surface area contributed by atoms with Crippen LogP contribution < -0.4 is 11.1 Å². The maximum Gasteiger partial charge on any atom is 0.275 e. The summed E-state index contributed by atoms with van der Waals surface area (Å²) in [5.41, 5.74) is 8.21. The average molecular weight is 338 g/mol. The number of primary amides is 1. The Hall–Kier alpha value is -3.42. The molecular formula is C17H18N6O2. The molecule has 8 nitrogen and oxygen atoms in total. The van der Waals surface area contributed by atoms with Gasteiger partial charge in [-0.2, -0.15) is 10.2 Å². The highest BCUT2D eigenvalue weighted by atomic mass is 16.2. The van der Waals surface area contributed by atoms with Gasteiger partial charge in [-0.3, -0.25) is 19.0 Å². The van der Waals surface area contributed by atoms with E-state index < -0.39 is 5.91 Å². The highest BCUT2D eigenvalue weighted by Crippen LogP contribution is 2.30. The molecule has 128 valence electrons. The molecule has 3 rings (SSSR count). The predicted octanol–water partition coefficient (Wildman–Crippen LogP) is 1.48. The highest BCUT2D eigenvalue weighted by Gasteiger charge is 2.19. The van der Waals surface area contributed by atoms with Crippen LogP contribution in [0.4, 0.5) is 5.82 Å². The van der Waals surface area contributed by atoms with Gasteiger partial charge in [-0.15, -0.1) is 0 Å². The summed E-state index contributed by atoms with van der Waals surface area (Å²) in [5.74, 6) is -0.529. The largest absolute Gasteiger partial charge is 0.366 e. The fourth-order valence-electron chi connectivity index (χ4n) is 2.71. The number of benzene rings is 1. The van der Waals surface area contributed by atoms with Gasteiger partial charge in [-0.1, -0.05) is 18.2 Å². The van der Waals surface area contributed by atoms with Crippen molar-refractivity contribution in [3.05, 3.63) is 53.5 Å². The first kappa shape index (κ1) is 16.4. The SMILES string of the molecule is Cc1cc(C(=O)Nc2nn(C)cc2-c2ccccc2C(N)=O)n(C)n1. The van der Waals surface area contributed by atoms with E-state index in [4.69, 9.17) is 5.73 Å². The number of hydrogen-bond donors (Lipinski definition) is 2. The topological polar surface area (TPSA) is 108 Å². The second-order valence-corrected chi connectivity index (χ2v) is 5.72. The van der Waals surface area contributed by atoms with Crippen molar-refractivity contribution in [2.45, 2.75) is 6.92 Å². The molecule has 0 aliphatic heterocycles. The van der Waals surface area contributed by atoms with Crippen LogP contribution in [0.3, 0.4) is 0 Å². The Labute approximate surface area is 144 Å². The quantitative estimate of drug-likeness (QED) is 0.751. The summed E-state index contributed by atoms with van der Waals surface area (Å²) in [4.78, 5) is 24.2. The van der Waals surface area contributed by atoms with Crippen LogP contribution in [0.2, 0.25) is 0 Å². The summed E-state index contributed by atoms with van der Waals surface area (Å²) >= 11 is 0. The predicted molar refractivity (Wildman–Crippen MR) is 93.1 cm³/mol. The van der Waals surface area contributed by atoms with Crippen LogP contribution in [0.25, 0.3) is 11.1 Å². The van der Waals surface area contributed by atoms with Gasteiger partial charge < -0.3 is 11.1 Å². The molecule has 3 N–H and O–H groups in total. The summed E-state index contributed by atoms with van der Waals surface area (Å²) in [6, 6.07) is 8.62. The number of aryl methyl sites for hydroxylation is 3. The van der Waals surface area contributed by atoms with Crippen molar-refractivity contribution in [3.63, 3.8) is 0 Å². The van der Waals surface area contributed by atoms with Crippen molar-refractivity contribution in [3.8, 4) is 11.1 Å². The van der Waals surface area contributed by atoms with E-state index in [1.807, 2.05) is 6.92 Å².